The zero-order valence-electron chi connectivity index (χ0n) is 9.37. The Morgan fingerprint density at radius 1 is 1.69 bits per heavy atom. The van der Waals surface area contributed by atoms with Crippen molar-refractivity contribution >= 4 is 17.5 Å². The summed E-state index contributed by atoms with van der Waals surface area (Å²) in [6.45, 7) is 1.97. The summed E-state index contributed by atoms with van der Waals surface area (Å²) < 4.78 is 5.01. The SMILES string of the molecule is CCC(CCl)NC(=O)c1cccnc1OC. The first-order valence-corrected chi connectivity index (χ1v) is 5.62. The normalized spacial score (nSPS) is 11.9. The Bertz CT molecular complexity index is 354. The predicted molar refractivity (Wildman–Crippen MR) is 63.1 cm³/mol. The van der Waals surface area contributed by atoms with Crippen molar-refractivity contribution in [1.29, 1.82) is 0 Å². The number of rotatable bonds is 5. The van der Waals surface area contributed by atoms with Gasteiger partial charge in [0.15, 0.2) is 0 Å². The molecule has 1 aromatic rings. The number of hydrogen-bond acceptors (Lipinski definition) is 3. The van der Waals surface area contributed by atoms with Crippen LogP contribution in [-0.2, 0) is 0 Å². The number of carbonyl (C=O) groups excluding carboxylic acids is 1. The lowest BCUT2D eigenvalue weighted by Gasteiger charge is -2.14. The van der Waals surface area contributed by atoms with Crippen LogP contribution in [0.4, 0.5) is 0 Å². The molecule has 1 heterocycles. The fourth-order valence-corrected chi connectivity index (χ4v) is 1.53. The number of alkyl halides is 1. The number of carbonyl (C=O) groups is 1. The number of nitrogens with zero attached hydrogens (tertiary/aromatic N) is 1. The molecule has 1 atom stereocenters. The third kappa shape index (κ3) is 3.10. The van der Waals surface area contributed by atoms with E-state index in [2.05, 4.69) is 10.3 Å². The van der Waals surface area contributed by atoms with Gasteiger partial charge in [-0.1, -0.05) is 6.92 Å². The van der Waals surface area contributed by atoms with Gasteiger partial charge in [-0.25, -0.2) is 4.98 Å². The Labute approximate surface area is 100.0 Å². The molecule has 0 fully saturated rings. The van der Waals surface area contributed by atoms with Crippen molar-refractivity contribution in [2.75, 3.05) is 13.0 Å². The molecule has 16 heavy (non-hydrogen) atoms. The molecule has 88 valence electrons. The number of pyridine rings is 1. The Morgan fingerprint density at radius 3 is 3.00 bits per heavy atom. The summed E-state index contributed by atoms with van der Waals surface area (Å²) in [6.07, 6.45) is 2.37. The van der Waals surface area contributed by atoms with Crippen LogP contribution in [-0.4, -0.2) is 29.9 Å². The molecule has 0 saturated carbocycles. The van der Waals surface area contributed by atoms with E-state index in [4.69, 9.17) is 16.3 Å². The van der Waals surface area contributed by atoms with Crippen molar-refractivity contribution in [3.63, 3.8) is 0 Å². The molecule has 0 aliphatic rings. The third-order valence-electron chi connectivity index (χ3n) is 2.22. The monoisotopic (exact) mass is 242 g/mol. The highest BCUT2D eigenvalue weighted by Crippen LogP contribution is 2.13. The molecule has 1 amide bonds. The van der Waals surface area contributed by atoms with Crippen LogP contribution in [0.2, 0.25) is 0 Å². The minimum atomic E-state index is -0.211. The molecule has 0 aliphatic heterocycles. The molecule has 1 aromatic heterocycles. The summed E-state index contributed by atoms with van der Waals surface area (Å²) in [4.78, 5) is 15.8. The highest BCUT2D eigenvalue weighted by atomic mass is 35.5. The average molecular weight is 243 g/mol. The number of nitrogens with one attached hydrogen (secondary N) is 1. The van der Waals surface area contributed by atoms with Crippen LogP contribution < -0.4 is 10.1 Å². The van der Waals surface area contributed by atoms with E-state index in [0.717, 1.165) is 6.42 Å². The van der Waals surface area contributed by atoms with Crippen LogP contribution >= 0.6 is 11.6 Å². The highest BCUT2D eigenvalue weighted by Gasteiger charge is 2.15. The smallest absolute Gasteiger partial charge is 0.257 e. The van der Waals surface area contributed by atoms with E-state index in [1.165, 1.54) is 7.11 Å². The van der Waals surface area contributed by atoms with Gasteiger partial charge in [-0.3, -0.25) is 4.79 Å². The predicted octanol–water partition coefficient (Wildman–Crippen LogP) is 1.84. The molecule has 1 N–H and O–H groups in total. The molecule has 1 unspecified atom stereocenters. The first-order chi connectivity index (χ1) is 7.72. The molecule has 0 aromatic carbocycles. The topological polar surface area (TPSA) is 51.2 Å². The molecule has 5 heteroatoms. The van der Waals surface area contributed by atoms with Gasteiger partial charge < -0.3 is 10.1 Å². The molecule has 0 radical (unpaired) electrons. The first-order valence-electron chi connectivity index (χ1n) is 5.08. The third-order valence-corrected chi connectivity index (χ3v) is 2.60. The lowest BCUT2D eigenvalue weighted by molar-refractivity contribution is 0.0936. The maximum atomic E-state index is 11.9. The fraction of sp³-hybridized carbons (Fsp3) is 0.455. The van der Waals surface area contributed by atoms with Gasteiger partial charge in [0.2, 0.25) is 5.88 Å². The molecule has 0 spiro atoms. The molecule has 0 saturated heterocycles. The second-order valence-electron chi connectivity index (χ2n) is 3.29. The number of amides is 1. The fourth-order valence-electron chi connectivity index (χ4n) is 1.24. The van der Waals surface area contributed by atoms with Crippen LogP contribution in [0.25, 0.3) is 0 Å². The number of halogens is 1. The Kier molecular flexibility index (Phi) is 5.05. The van der Waals surface area contributed by atoms with E-state index in [9.17, 15) is 4.79 Å². The minimum Gasteiger partial charge on any atom is -0.480 e. The Balaban J connectivity index is 2.79. The van der Waals surface area contributed by atoms with Crippen molar-refractivity contribution in [2.24, 2.45) is 0 Å². The maximum absolute atomic E-state index is 11.9. The Hall–Kier alpha value is -1.29. The Morgan fingerprint density at radius 2 is 2.44 bits per heavy atom. The summed E-state index contributed by atoms with van der Waals surface area (Å²) in [7, 11) is 1.48. The molecule has 0 aliphatic carbocycles. The largest absolute Gasteiger partial charge is 0.480 e. The van der Waals surface area contributed by atoms with Gasteiger partial charge in [0.05, 0.1) is 7.11 Å². The van der Waals surface area contributed by atoms with Crippen molar-refractivity contribution < 1.29 is 9.53 Å². The summed E-state index contributed by atoms with van der Waals surface area (Å²) in [5.41, 5.74) is 0.425. The second kappa shape index (κ2) is 6.33. The zero-order valence-corrected chi connectivity index (χ0v) is 10.1. The van der Waals surface area contributed by atoms with Gasteiger partial charge >= 0.3 is 0 Å². The quantitative estimate of drug-likeness (QED) is 0.802. The van der Waals surface area contributed by atoms with E-state index in [-0.39, 0.29) is 11.9 Å². The molecule has 4 nitrogen and oxygen atoms in total. The number of aromatic nitrogens is 1. The van der Waals surface area contributed by atoms with Crippen molar-refractivity contribution in [3.8, 4) is 5.88 Å². The summed E-state index contributed by atoms with van der Waals surface area (Å²) in [6, 6.07) is 3.33. The van der Waals surface area contributed by atoms with Crippen LogP contribution in [0.5, 0.6) is 5.88 Å². The van der Waals surface area contributed by atoms with E-state index in [0.29, 0.717) is 17.3 Å². The van der Waals surface area contributed by atoms with Crippen molar-refractivity contribution in [3.05, 3.63) is 23.9 Å². The van der Waals surface area contributed by atoms with E-state index < -0.39 is 0 Å². The van der Waals surface area contributed by atoms with Gasteiger partial charge in [-0.05, 0) is 18.6 Å². The zero-order chi connectivity index (χ0) is 12.0. The van der Waals surface area contributed by atoms with Crippen molar-refractivity contribution in [2.45, 2.75) is 19.4 Å². The van der Waals surface area contributed by atoms with Crippen LogP contribution in [0.1, 0.15) is 23.7 Å². The number of methoxy groups -OCH3 is 1. The maximum Gasteiger partial charge on any atom is 0.257 e. The van der Waals surface area contributed by atoms with Gasteiger partial charge in [-0.2, -0.15) is 0 Å². The van der Waals surface area contributed by atoms with E-state index in [1.807, 2.05) is 6.92 Å². The second-order valence-corrected chi connectivity index (χ2v) is 3.60. The van der Waals surface area contributed by atoms with Gasteiger partial charge in [0.1, 0.15) is 5.56 Å². The van der Waals surface area contributed by atoms with Gasteiger partial charge in [0, 0.05) is 18.1 Å². The highest BCUT2D eigenvalue weighted by molar-refractivity contribution is 6.18. The van der Waals surface area contributed by atoms with Gasteiger partial charge in [-0.15, -0.1) is 11.6 Å². The van der Waals surface area contributed by atoms with Gasteiger partial charge in [0.25, 0.3) is 5.91 Å². The molecule has 0 bridgehead atoms. The number of ether oxygens (including phenoxy) is 1. The van der Waals surface area contributed by atoms with E-state index >= 15 is 0 Å². The van der Waals surface area contributed by atoms with Crippen LogP contribution in [0.3, 0.4) is 0 Å². The molecular formula is C11H15ClN2O2. The average Bonchev–Trinajstić information content (AvgIpc) is 2.35. The number of hydrogen-bond donors (Lipinski definition) is 1. The molecule has 1 rings (SSSR count). The van der Waals surface area contributed by atoms with Crippen LogP contribution in [0, 0.1) is 0 Å². The minimum absolute atomic E-state index is 0.0286. The lowest BCUT2D eigenvalue weighted by Crippen LogP contribution is -2.35. The summed E-state index contributed by atoms with van der Waals surface area (Å²) in [5, 5.41) is 2.82. The summed E-state index contributed by atoms with van der Waals surface area (Å²) in [5.74, 6) is 0.507. The van der Waals surface area contributed by atoms with Crippen molar-refractivity contribution in [1.82, 2.24) is 10.3 Å². The summed E-state index contributed by atoms with van der Waals surface area (Å²) >= 11 is 5.71. The first kappa shape index (κ1) is 12.8. The van der Waals surface area contributed by atoms with Crippen LogP contribution in [0.15, 0.2) is 18.3 Å². The van der Waals surface area contributed by atoms with E-state index in [1.54, 1.807) is 18.3 Å². The lowest BCUT2D eigenvalue weighted by atomic mass is 10.2. The standard InChI is InChI=1S/C11H15ClN2O2/c1-3-8(7-12)14-10(15)9-5-4-6-13-11(9)16-2/h4-6,8H,3,7H2,1-2H3,(H,14,15). The molecular weight excluding hydrogens is 228 g/mol.